The molecule has 1 unspecified atom stereocenters. The van der Waals surface area contributed by atoms with E-state index in [9.17, 15) is 4.79 Å². The van der Waals surface area contributed by atoms with Crippen molar-refractivity contribution in [1.29, 1.82) is 0 Å². The lowest BCUT2D eigenvalue weighted by Gasteiger charge is -2.34. The van der Waals surface area contributed by atoms with Crippen LogP contribution < -0.4 is 0 Å². The maximum absolute atomic E-state index is 12.6. The van der Waals surface area contributed by atoms with Crippen LogP contribution >= 0.6 is 0 Å². The quantitative estimate of drug-likeness (QED) is 0.796. The third-order valence-corrected chi connectivity index (χ3v) is 5.15. The Morgan fingerprint density at radius 1 is 1.15 bits per heavy atom. The summed E-state index contributed by atoms with van der Waals surface area (Å²) in [6.45, 7) is 1.83. The Morgan fingerprint density at radius 3 is 2.46 bits per heavy atom. The fraction of sp³-hybridized carbons (Fsp3) is 0.318. The van der Waals surface area contributed by atoms with E-state index in [2.05, 4.69) is 30.2 Å². The van der Waals surface area contributed by atoms with Crippen molar-refractivity contribution in [2.75, 3.05) is 26.4 Å². The summed E-state index contributed by atoms with van der Waals surface area (Å²) in [5, 5.41) is 0. The highest BCUT2D eigenvalue weighted by Crippen LogP contribution is 2.44. The summed E-state index contributed by atoms with van der Waals surface area (Å²) >= 11 is 0. The molecule has 4 heteroatoms. The van der Waals surface area contributed by atoms with E-state index >= 15 is 0 Å². The van der Waals surface area contributed by atoms with E-state index in [1.54, 1.807) is 4.90 Å². The molecule has 4 rings (SSSR count). The molecule has 1 amide bonds. The Balaban J connectivity index is 1.51. The summed E-state index contributed by atoms with van der Waals surface area (Å²) < 4.78 is 11.2. The molecule has 26 heavy (non-hydrogen) atoms. The van der Waals surface area contributed by atoms with Gasteiger partial charge >= 0.3 is 6.09 Å². The summed E-state index contributed by atoms with van der Waals surface area (Å²) in [7, 11) is 0. The van der Waals surface area contributed by atoms with Gasteiger partial charge in [-0.15, -0.1) is 12.3 Å². The highest BCUT2D eigenvalue weighted by Gasteiger charge is 2.32. The lowest BCUT2D eigenvalue weighted by Crippen LogP contribution is -2.48. The molecule has 0 bridgehead atoms. The molecule has 4 nitrogen and oxygen atoms in total. The topological polar surface area (TPSA) is 38.8 Å². The highest BCUT2D eigenvalue weighted by atomic mass is 16.6. The minimum Gasteiger partial charge on any atom is -0.448 e. The summed E-state index contributed by atoms with van der Waals surface area (Å²) in [6, 6.07) is 16.5. The molecule has 0 N–H and O–H groups in total. The van der Waals surface area contributed by atoms with Crippen molar-refractivity contribution in [3.63, 3.8) is 0 Å². The number of benzene rings is 2. The zero-order valence-electron chi connectivity index (χ0n) is 14.6. The molecule has 1 heterocycles. The number of carbonyl (C=O) groups is 1. The Kier molecular flexibility index (Phi) is 4.64. The van der Waals surface area contributed by atoms with Crippen molar-refractivity contribution in [3.05, 3.63) is 59.7 Å². The van der Waals surface area contributed by atoms with E-state index in [-0.39, 0.29) is 18.1 Å². The van der Waals surface area contributed by atoms with Crippen LogP contribution in [0.3, 0.4) is 0 Å². The van der Waals surface area contributed by atoms with Crippen LogP contribution in [0.5, 0.6) is 0 Å². The summed E-state index contributed by atoms with van der Waals surface area (Å²) in [4.78, 5) is 14.3. The first-order chi connectivity index (χ1) is 12.8. The number of hydrogen-bond donors (Lipinski definition) is 0. The van der Waals surface area contributed by atoms with Crippen molar-refractivity contribution in [1.82, 2.24) is 4.90 Å². The predicted molar refractivity (Wildman–Crippen MR) is 99.8 cm³/mol. The third kappa shape index (κ3) is 2.95. The van der Waals surface area contributed by atoms with Gasteiger partial charge in [0.15, 0.2) is 0 Å². The Morgan fingerprint density at radius 2 is 1.81 bits per heavy atom. The first-order valence-corrected chi connectivity index (χ1v) is 8.92. The van der Waals surface area contributed by atoms with E-state index in [1.807, 2.05) is 24.3 Å². The molecule has 2 aromatic rings. The number of fused-ring (bicyclic) bond motifs is 3. The molecular weight excluding hydrogens is 326 g/mol. The van der Waals surface area contributed by atoms with Gasteiger partial charge in [0.05, 0.1) is 19.3 Å². The van der Waals surface area contributed by atoms with Crippen LogP contribution in [0.2, 0.25) is 0 Å². The number of hydrogen-bond acceptors (Lipinski definition) is 3. The fourth-order valence-corrected chi connectivity index (χ4v) is 3.88. The van der Waals surface area contributed by atoms with Gasteiger partial charge in [-0.25, -0.2) is 4.79 Å². The average molecular weight is 347 g/mol. The van der Waals surface area contributed by atoms with E-state index in [0.29, 0.717) is 32.8 Å². The minimum atomic E-state index is -0.310. The first kappa shape index (κ1) is 16.7. The first-order valence-electron chi connectivity index (χ1n) is 8.92. The Bertz CT molecular complexity index is 809. The molecule has 1 saturated heterocycles. The number of carbonyl (C=O) groups excluding carboxylic acids is 1. The molecule has 1 aliphatic carbocycles. The van der Waals surface area contributed by atoms with Crippen LogP contribution in [-0.2, 0) is 9.47 Å². The van der Waals surface area contributed by atoms with E-state index in [0.717, 1.165) is 0 Å². The third-order valence-electron chi connectivity index (χ3n) is 5.15. The lowest BCUT2D eigenvalue weighted by molar-refractivity contribution is -0.00772. The summed E-state index contributed by atoms with van der Waals surface area (Å²) in [5.41, 5.74) is 4.87. The second-order valence-corrected chi connectivity index (χ2v) is 6.63. The van der Waals surface area contributed by atoms with Crippen LogP contribution in [-0.4, -0.2) is 43.4 Å². The molecule has 2 aliphatic rings. The number of amides is 1. The number of morpholine rings is 1. The molecule has 1 atom stereocenters. The number of rotatable bonds is 3. The van der Waals surface area contributed by atoms with Gasteiger partial charge in [-0.2, -0.15) is 0 Å². The summed E-state index contributed by atoms with van der Waals surface area (Å²) in [5.74, 6) is 2.68. The smallest absolute Gasteiger partial charge is 0.410 e. The maximum Gasteiger partial charge on any atom is 0.410 e. The fourth-order valence-electron chi connectivity index (χ4n) is 3.88. The number of nitrogens with zero attached hydrogens (tertiary/aromatic N) is 1. The second-order valence-electron chi connectivity index (χ2n) is 6.63. The lowest BCUT2D eigenvalue weighted by atomic mass is 9.98. The SMILES string of the molecule is C#CCC1COCCN1C(=O)OCC1c2ccccc2-c2ccccc21. The van der Waals surface area contributed by atoms with Gasteiger partial charge in [0.2, 0.25) is 0 Å². The molecule has 132 valence electrons. The highest BCUT2D eigenvalue weighted by molar-refractivity contribution is 5.79. The van der Waals surface area contributed by atoms with Gasteiger partial charge in [0, 0.05) is 18.9 Å². The van der Waals surface area contributed by atoms with Gasteiger partial charge in [-0.3, -0.25) is 4.90 Å². The van der Waals surface area contributed by atoms with Crippen molar-refractivity contribution in [3.8, 4) is 23.5 Å². The van der Waals surface area contributed by atoms with Gasteiger partial charge in [-0.1, -0.05) is 48.5 Å². The van der Waals surface area contributed by atoms with Gasteiger partial charge in [-0.05, 0) is 22.3 Å². The molecule has 1 fully saturated rings. The van der Waals surface area contributed by atoms with E-state index < -0.39 is 0 Å². The Labute approximate surface area is 153 Å². The maximum atomic E-state index is 12.6. The molecular formula is C22H21NO3. The molecule has 0 aromatic heterocycles. The van der Waals surface area contributed by atoms with Gasteiger partial charge in [0.1, 0.15) is 6.61 Å². The summed E-state index contributed by atoms with van der Waals surface area (Å²) in [6.07, 6.45) is 5.58. The zero-order chi connectivity index (χ0) is 17.9. The van der Waals surface area contributed by atoms with Gasteiger partial charge in [0.25, 0.3) is 0 Å². The van der Waals surface area contributed by atoms with Crippen molar-refractivity contribution in [2.45, 2.75) is 18.4 Å². The van der Waals surface area contributed by atoms with Crippen LogP contribution in [0.15, 0.2) is 48.5 Å². The van der Waals surface area contributed by atoms with Crippen LogP contribution in [0.25, 0.3) is 11.1 Å². The minimum absolute atomic E-state index is 0.0680. The standard InChI is InChI=1S/C22H21NO3/c1-2-7-16-14-25-13-12-23(16)22(24)26-15-21-19-10-5-3-8-17(19)18-9-4-6-11-20(18)21/h1,3-6,8-11,16,21H,7,12-15H2. The number of ether oxygens (including phenoxy) is 2. The second kappa shape index (κ2) is 7.23. The van der Waals surface area contributed by atoms with Crippen LogP contribution in [0.4, 0.5) is 4.79 Å². The molecule has 0 spiro atoms. The monoisotopic (exact) mass is 347 g/mol. The average Bonchev–Trinajstić information content (AvgIpc) is 3.01. The van der Waals surface area contributed by atoms with E-state index in [1.165, 1.54) is 22.3 Å². The Hall–Kier alpha value is -2.77. The van der Waals surface area contributed by atoms with Crippen LogP contribution in [0.1, 0.15) is 23.5 Å². The number of terminal acetylenes is 1. The van der Waals surface area contributed by atoms with Crippen molar-refractivity contribution >= 4 is 6.09 Å². The largest absolute Gasteiger partial charge is 0.448 e. The normalized spacial score (nSPS) is 18.7. The van der Waals surface area contributed by atoms with Crippen LogP contribution in [0, 0.1) is 12.3 Å². The van der Waals surface area contributed by atoms with Crippen molar-refractivity contribution < 1.29 is 14.3 Å². The van der Waals surface area contributed by atoms with Gasteiger partial charge < -0.3 is 9.47 Å². The zero-order valence-corrected chi connectivity index (χ0v) is 14.6. The van der Waals surface area contributed by atoms with E-state index in [4.69, 9.17) is 15.9 Å². The molecule has 1 aliphatic heterocycles. The molecule has 2 aromatic carbocycles. The predicted octanol–water partition coefficient (Wildman–Crippen LogP) is 3.66. The molecule has 0 radical (unpaired) electrons. The van der Waals surface area contributed by atoms with Crippen molar-refractivity contribution in [2.24, 2.45) is 0 Å². The molecule has 0 saturated carbocycles.